The number of carbonyl (C=O) groups excluding carboxylic acids is 1. The molecule has 0 radical (unpaired) electrons. The number of nitrogens with one attached hydrogen (secondary N) is 1. The van der Waals surface area contributed by atoms with E-state index in [1.165, 1.54) is 30.0 Å². The number of carbonyl (C=O) groups is 1. The number of benzene rings is 2. The second-order valence-electron chi connectivity index (χ2n) is 8.27. The second-order valence-corrected chi connectivity index (χ2v) is 10.1. The summed E-state index contributed by atoms with van der Waals surface area (Å²) in [7, 11) is -3.67. The Balaban J connectivity index is 1.80. The van der Waals surface area contributed by atoms with E-state index >= 15 is 4.39 Å². The van der Waals surface area contributed by atoms with E-state index in [1.54, 1.807) is 0 Å². The van der Waals surface area contributed by atoms with E-state index in [0.29, 0.717) is 12.8 Å². The van der Waals surface area contributed by atoms with Crippen LogP contribution in [0.15, 0.2) is 48.4 Å². The van der Waals surface area contributed by atoms with Gasteiger partial charge >= 0.3 is 0 Å². The number of piperidine rings is 2. The van der Waals surface area contributed by atoms with Gasteiger partial charge in [0.15, 0.2) is 0 Å². The molecule has 3 atom stereocenters. The number of nitrogens with zero attached hydrogens (tertiary/aromatic N) is 1. The van der Waals surface area contributed by atoms with Crippen molar-refractivity contribution in [3.05, 3.63) is 59.8 Å². The Kier molecular flexibility index (Phi) is 4.40. The van der Waals surface area contributed by atoms with Crippen molar-refractivity contribution in [3.8, 4) is 11.1 Å². The van der Waals surface area contributed by atoms with Crippen molar-refractivity contribution < 1.29 is 29.6 Å². The van der Waals surface area contributed by atoms with Gasteiger partial charge in [-0.1, -0.05) is 48.4 Å². The first-order valence-corrected chi connectivity index (χ1v) is 11.9. The van der Waals surface area contributed by atoms with Gasteiger partial charge in [-0.2, -0.15) is 0 Å². The molecule has 5 rings (SSSR count). The lowest BCUT2D eigenvalue weighted by Crippen LogP contribution is -2.71. The highest BCUT2D eigenvalue weighted by atomic mass is 32.2. The third kappa shape index (κ3) is 4.37. The molecule has 2 N–H and O–H groups in total. The van der Waals surface area contributed by atoms with Crippen LogP contribution in [0.5, 0.6) is 0 Å². The SMILES string of the molecule is [2H]c1c([2H])c([2H])c(-c2cccc(C[C@H]3[C@@H](NS(C)(=O)=O)C4CC(C4)N3C(=O)[C@@H](C)O)c2F)c([2H])c1[2H]. The molecule has 3 fully saturated rings. The van der Waals surface area contributed by atoms with Crippen LogP contribution in [0.4, 0.5) is 4.39 Å². The zero-order valence-electron chi connectivity index (χ0n) is 22.1. The average Bonchev–Trinajstić information content (AvgIpc) is 2.77. The van der Waals surface area contributed by atoms with Gasteiger partial charge in [0.05, 0.1) is 19.2 Å². The van der Waals surface area contributed by atoms with E-state index in [1.807, 2.05) is 0 Å². The van der Waals surface area contributed by atoms with Gasteiger partial charge in [0.25, 0.3) is 5.91 Å². The summed E-state index contributed by atoms with van der Waals surface area (Å²) in [5.74, 6) is -1.46. The van der Waals surface area contributed by atoms with Gasteiger partial charge < -0.3 is 10.0 Å². The van der Waals surface area contributed by atoms with E-state index in [2.05, 4.69) is 4.72 Å². The molecule has 166 valence electrons. The van der Waals surface area contributed by atoms with Crippen LogP contribution in [0.1, 0.15) is 32.2 Å². The zero-order valence-corrected chi connectivity index (χ0v) is 18.0. The van der Waals surface area contributed by atoms with Crippen molar-refractivity contribution in [1.82, 2.24) is 9.62 Å². The minimum absolute atomic E-state index is 0.0555. The Morgan fingerprint density at radius 2 is 2.00 bits per heavy atom. The first-order valence-electron chi connectivity index (χ1n) is 12.5. The lowest BCUT2D eigenvalue weighted by atomic mass is 9.66. The second kappa shape index (κ2) is 8.33. The Hall–Kier alpha value is -2.29. The molecule has 2 heterocycles. The molecule has 3 aliphatic rings. The Morgan fingerprint density at radius 1 is 1.32 bits per heavy atom. The van der Waals surface area contributed by atoms with Crippen LogP contribution in [0.25, 0.3) is 11.1 Å². The third-order valence-electron chi connectivity index (χ3n) is 6.06. The zero-order chi connectivity index (χ0) is 26.7. The van der Waals surface area contributed by atoms with Crippen molar-refractivity contribution >= 4 is 15.9 Å². The number of aliphatic hydroxyl groups excluding tert-OH is 1. The fourth-order valence-corrected chi connectivity index (χ4v) is 5.50. The predicted octanol–water partition coefficient (Wildman–Crippen LogP) is 2.32. The highest BCUT2D eigenvalue weighted by Crippen LogP contribution is 2.44. The lowest BCUT2D eigenvalue weighted by molar-refractivity contribution is -0.157. The van der Waals surface area contributed by atoms with Crippen LogP contribution in [-0.4, -0.2) is 54.8 Å². The van der Waals surface area contributed by atoms with Gasteiger partial charge in [-0.05, 0) is 43.2 Å². The number of halogens is 1. The van der Waals surface area contributed by atoms with Crippen LogP contribution in [0.2, 0.25) is 0 Å². The molecule has 31 heavy (non-hydrogen) atoms. The first kappa shape index (κ1) is 16.4. The molecular formula is C23H27FN2O4S. The molecule has 0 spiro atoms. The molecule has 8 heteroatoms. The number of hydrogen-bond acceptors (Lipinski definition) is 4. The van der Waals surface area contributed by atoms with Crippen molar-refractivity contribution in [2.75, 3.05) is 6.26 Å². The maximum absolute atomic E-state index is 15.9. The maximum Gasteiger partial charge on any atom is 0.251 e. The van der Waals surface area contributed by atoms with Crippen molar-refractivity contribution in [2.45, 2.75) is 50.4 Å². The van der Waals surface area contributed by atoms with Crippen LogP contribution < -0.4 is 4.72 Å². The van der Waals surface area contributed by atoms with Gasteiger partial charge in [0.1, 0.15) is 11.9 Å². The molecule has 1 saturated carbocycles. The molecule has 6 nitrogen and oxygen atoms in total. The van der Waals surface area contributed by atoms with E-state index < -0.39 is 70.1 Å². The lowest BCUT2D eigenvalue weighted by Gasteiger charge is -2.58. The molecule has 0 aromatic heterocycles. The molecule has 2 aliphatic heterocycles. The van der Waals surface area contributed by atoms with Gasteiger partial charge in [-0.25, -0.2) is 17.5 Å². The quantitative estimate of drug-likeness (QED) is 0.706. The highest BCUT2D eigenvalue weighted by Gasteiger charge is 2.53. The number of aliphatic hydroxyl groups is 1. The molecule has 1 aliphatic carbocycles. The number of fused-ring (bicyclic) bond motifs is 2. The summed E-state index contributed by atoms with van der Waals surface area (Å²) in [5.41, 5.74) is -0.379. The van der Waals surface area contributed by atoms with Crippen molar-refractivity contribution in [3.63, 3.8) is 0 Å². The van der Waals surface area contributed by atoms with Crippen molar-refractivity contribution in [2.24, 2.45) is 5.92 Å². The van der Waals surface area contributed by atoms with Crippen LogP contribution in [-0.2, 0) is 21.2 Å². The Bertz CT molecular complexity index is 1310. The molecule has 2 aromatic carbocycles. The number of hydrogen-bond donors (Lipinski definition) is 2. The predicted molar refractivity (Wildman–Crippen MR) is 116 cm³/mol. The third-order valence-corrected chi connectivity index (χ3v) is 6.76. The number of amides is 1. The molecule has 0 unspecified atom stereocenters. The fraction of sp³-hybridized carbons (Fsp3) is 0.435. The monoisotopic (exact) mass is 451 g/mol. The van der Waals surface area contributed by atoms with Gasteiger partial charge in [0, 0.05) is 17.6 Å². The van der Waals surface area contributed by atoms with E-state index in [0.717, 1.165) is 6.26 Å². The summed E-state index contributed by atoms with van der Waals surface area (Å²) in [5, 5.41) is 10.00. The smallest absolute Gasteiger partial charge is 0.251 e. The van der Waals surface area contributed by atoms with E-state index in [-0.39, 0.29) is 35.1 Å². The normalized spacial score (nSPS) is 28.5. The highest BCUT2D eigenvalue weighted by molar-refractivity contribution is 7.88. The maximum atomic E-state index is 15.9. The number of sulfonamides is 1. The summed E-state index contributed by atoms with van der Waals surface area (Å²) in [6.07, 6.45) is 0.706. The standard InChI is InChI=1S/C23H27FN2O4S/c1-14(27)23(28)26-18-11-17(12-18)22(25-31(2,29)30)20(26)13-16-9-6-10-19(21(16)24)15-7-4-3-5-8-15/h3-10,14,17-18,20,22,25,27H,11-13H2,1-2H3/t14-,17?,18?,20+,22+/m1/s1/i3D,4D,5D,7D,8D. The average molecular weight is 452 g/mol. The molecule has 2 saturated heterocycles. The minimum Gasteiger partial charge on any atom is -0.384 e. The van der Waals surface area contributed by atoms with Gasteiger partial charge in [-0.15, -0.1) is 0 Å². The van der Waals surface area contributed by atoms with Crippen LogP contribution >= 0.6 is 0 Å². The largest absolute Gasteiger partial charge is 0.384 e. The number of rotatable bonds is 6. The van der Waals surface area contributed by atoms with Crippen molar-refractivity contribution in [1.29, 1.82) is 0 Å². The first-order chi connectivity index (χ1) is 16.7. The molecule has 1 amide bonds. The summed E-state index contributed by atoms with van der Waals surface area (Å²) in [4.78, 5) is 14.4. The Labute approximate surface area is 189 Å². The summed E-state index contributed by atoms with van der Waals surface area (Å²) in [6.45, 7) is 1.32. The van der Waals surface area contributed by atoms with E-state index in [4.69, 9.17) is 6.85 Å². The molecule has 2 aromatic rings. The van der Waals surface area contributed by atoms with Gasteiger partial charge in [-0.3, -0.25) is 4.79 Å². The van der Waals surface area contributed by atoms with Crippen LogP contribution in [0.3, 0.4) is 0 Å². The topological polar surface area (TPSA) is 86.7 Å². The molecule has 2 bridgehead atoms. The summed E-state index contributed by atoms with van der Waals surface area (Å²) >= 11 is 0. The minimum atomic E-state index is -3.67. The van der Waals surface area contributed by atoms with Gasteiger partial charge in [0.2, 0.25) is 10.0 Å². The molecular weight excluding hydrogens is 419 g/mol. The Morgan fingerprint density at radius 3 is 2.61 bits per heavy atom. The van der Waals surface area contributed by atoms with E-state index in [9.17, 15) is 18.3 Å². The summed E-state index contributed by atoms with van der Waals surface area (Å²) < 4.78 is 82.7. The summed E-state index contributed by atoms with van der Waals surface area (Å²) in [6, 6.07) is -0.285. The van der Waals surface area contributed by atoms with Crippen LogP contribution in [0, 0.1) is 11.7 Å². The fourth-order valence-electron chi connectivity index (χ4n) is 4.66.